The zero-order valence-corrected chi connectivity index (χ0v) is 12.9. The molecule has 18 heteroatoms. The summed E-state index contributed by atoms with van der Waals surface area (Å²) in [5.74, 6) is 0. The van der Waals surface area contributed by atoms with Crippen LogP contribution in [0.4, 0.5) is 0 Å². The molecule has 0 heterocycles. The van der Waals surface area contributed by atoms with E-state index >= 15 is 0 Å². The Labute approximate surface area is 124 Å². The summed E-state index contributed by atoms with van der Waals surface area (Å²) in [7, 11) is -5.17. The summed E-state index contributed by atoms with van der Waals surface area (Å²) >= 11 is -8.08. The Morgan fingerprint density at radius 1 is 0.778 bits per heavy atom. The van der Waals surface area contributed by atoms with E-state index in [1.54, 1.807) is 0 Å². The van der Waals surface area contributed by atoms with Gasteiger partial charge in [-0.15, -0.1) is 0 Å². The molecule has 0 saturated carbocycles. The first-order valence-electron chi connectivity index (χ1n) is 2.25. The Hall–Kier alpha value is 0.820. The molecule has 0 spiro atoms. The van der Waals surface area contributed by atoms with Crippen molar-refractivity contribution in [2.75, 3.05) is 0 Å². The number of hydrogen-bond acceptors (Lipinski definition) is 8. The van der Waals surface area contributed by atoms with Gasteiger partial charge in [-0.25, -0.2) is 4.21 Å². The summed E-state index contributed by atoms with van der Waals surface area (Å²) in [6, 6.07) is 0. The van der Waals surface area contributed by atoms with Gasteiger partial charge >= 0.3 is 22.4 Å². The van der Waals surface area contributed by atoms with Crippen molar-refractivity contribution in [1.29, 1.82) is 0 Å². The van der Waals surface area contributed by atoms with Gasteiger partial charge in [-0.1, -0.05) is 0 Å². The predicted molar refractivity (Wildman–Crippen MR) is 48.8 cm³/mol. The molecule has 0 aliphatic rings. The van der Waals surface area contributed by atoms with E-state index in [1.165, 1.54) is 0 Å². The van der Waals surface area contributed by atoms with Crippen LogP contribution in [0.1, 0.15) is 0 Å². The number of rotatable bonds is 0. The molecule has 0 aromatic carbocycles. The molecular weight excluding hydrogens is 533 g/mol. The molecule has 0 aromatic rings. The monoisotopic (exact) mass is 538 g/mol. The summed E-state index contributed by atoms with van der Waals surface area (Å²) in [5, 5.41) is 0. The molecule has 18 heavy (non-hydrogen) atoms. The van der Waals surface area contributed by atoms with E-state index in [4.69, 9.17) is 57.5 Å². The summed E-state index contributed by atoms with van der Waals surface area (Å²) < 4.78 is 104. The van der Waals surface area contributed by atoms with Crippen molar-refractivity contribution in [3.05, 3.63) is 0 Å². The molecule has 0 aliphatic carbocycles. The van der Waals surface area contributed by atoms with E-state index in [2.05, 4.69) is 0 Å². The Kier molecular flexibility index (Phi) is 35.0. The summed E-state index contributed by atoms with van der Waals surface area (Å²) in [5.41, 5.74) is 0. The number of hydrogen-bond donors (Lipinski definition) is 5. The van der Waals surface area contributed by atoms with E-state index in [0.29, 0.717) is 0 Å². The average molecular weight is 538 g/mol. The smallest absolute Gasteiger partial charge is 0.759 e. The van der Waals surface area contributed by atoms with Gasteiger partial charge in [0.05, 0.1) is 11.4 Å². The average Bonchev–Trinajstić information content (AvgIpc) is 1.73. The molecule has 0 bridgehead atoms. The standard InChI is InChI=1S/Au.H2O4S.3H2O3S/c;1-5(2,3)4;3*1-4(2)3/h;(H2,1,2,3,4);3*(H2,1,2,3)/q+3;;;;/p-3. The van der Waals surface area contributed by atoms with Gasteiger partial charge in [0.25, 0.3) is 22.7 Å². The fourth-order valence-electron chi connectivity index (χ4n) is 0. The third-order valence-corrected chi connectivity index (χ3v) is 0. The normalized spacial score (nSPS) is 10.6. The van der Waals surface area contributed by atoms with Gasteiger partial charge in [-0.05, 0) is 0 Å². The van der Waals surface area contributed by atoms with Crippen LogP contribution in [0.25, 0.3) is 0 Å². The van der Waals surface area contributed by atoms with E-state index in [9.17, 15) is 0 Å². The molecule has 1 atom stereocenters. The van der Waals surface area contributed by atoms with Gasteiger partial charge in [-0.3, -0.25) is 26.6 Å². The van der Waals surface area contributed by atoms with Crippen molar-refractivity contribution in [2.24, 2.45) is 0 Å². The van der Waals surface area contributed by atoms with Crippen molar-refractivity contribution in [2.45, 2.75) is 0 Å². The maximum Gasteiger partial charge on any atom is 3.00 e. The fraction of sp³-hybridized carbons (Fsp3) is 0. The molecular formula is H5AuO13S4. The van der Waals surface area contributed by atoms with E-state index in [0.717, 1.165) is 0 Å². The molecule has 0 amide bonds. The Morgan fingerprint density at radius 2 is 0.778 bits per heavy atom. The second-order valence-electron chi connectivity index (χ2n) is 1.09. The first-order valence-corrected chi connectivity index (χ1v) is 6.74. The molecule has 118 valence electrons. The van der Waals surface area contributed by atoms with Crippen LogP contribution in [0.15, 0.2) is 0 Å². The second-order valence-corrected chi connectivity index (χ2v) is 3.26. The first kappa shape index (κ1) is 31.3. The van der Waals surface area contributed by atoms with Crippen LogP contribution in [0.5, 0.6) is 0 Å². The molecule has 13 nitrogen and oxygen atoms in total. The van der Waals surface area contributed by atoms with Crippen molar-refractivity contribution in [1.82, 2.24) is 0 Å². The maximum atomic E-state index is 8.67. The Bertz CT molecular complexity index is 265. The van der Waals surface area contributed by atoms with Crippen LogP contribution in [-0.4, -0.2) is 57.5 Å². The van der Waals surface area contributed by atoms with Crippen molar-refractivity contribution in [3.8, 4) is 0 Å². The van der Waals surface area contributed by atoms with E-state index < -0.39 is 44.5 Å². The topological polar surface area (TPSA) is 256 Å². The molecule has 0 fully saturated rings. The van der Waals surface area contributed by atoms with Crippen LogP contribution < -0.4 is 0 Å². The van der Waals surface area contributed by atoms with Gasteiger partial charge in [0.1, 0.15) is 0 Å². The van der Waals surface area contributed by atoms with Crippen LogP contribution in [0, 0.1) is 0 Å². The third kappa shape index (κ3) is 6260. The van der Waals surface area contributed by atoms with Crippen LogP contribution in [-0.2, 0) is 66.9 Å². The molecule has 5 N–H and O–H groups in total. The quantitative estimate of drug-likeness (QED) is 0.0916. The molecule has 0 rings (SSSR count). The summed E-state index contributed by atoms with van der Waals surface area (Å²) in [6.45, 7) is 0. The van der Waals surface area contributed by atoms with Crippen LogP contribution >= 0.6 is 0 Å². The fourth-order valence-corrected chi connectivity index (χ4v) is 0. The molecule has 1 unspecified atom stereocenters. The zero-order chi connectivity index (χ0) is 15.2. The molecule has 0 aromatic heterocycles. The van der Waals surface area contributed by atoms with Crippen LogP contribution in [0.2, 0.25) is 0 Å². The Morgan fingerprint density at radius 3 is 0.778 bits per heavy atom. The summed E-state index contributed by atoms with van der Waals surface area (Å²) in [4.78, 5) is 0. The van der Waals surface area contributed by atoms with E-state index in [-0.39, 0.29) is 22.4 Å². The van der Waals surface area contributed by atoms with Crippen molar-refractivity contribution < 1.29 is 79.8 Å². The minimum Gasteiger partial charge on any atom is -0.759 e. The van der Waals surface area contributed by atoms with Gasteiger partial charge in [0.2, 0.25) is 0 Å². The van der Waals surface area contributed by atoms with Crippen LogP contribution in [0.3, 0.4) is 0 Å². The largest absolute Gasteiger partial charge is 3.00 e. The van der Waals surface area contributed by atoms with Crippen molar-refractivity contribution >= 4 is 44.5 Å². The Balaban J connectivity index is -0.0000000412. The third-order valence-electron chi connectivity index (χ3n) is 0. The minimum atomic E-state index is -5.17. The molecule has 0 saturated heterocycles. The van der Waals surface area contributed by atoms with Gasteiger partial charge < -0.3 is 18.2 Å². The van der Waals surface area contributed by atoms with Gasteiger partial charge in [0, 0.05) is 10.4 Å². The second kappa shape index (κ2) is 20.1. The van der Waals surface area contributed by atoms with Crippen molar-refractivity contribution in [3.63, 3.8) is 0 Å². The SMILES string of the molecule is O=S(=O)([O-])[O-].O=S(O)O.O=S(O)O.O=S([O-])O.[Au+3]. The molecule has 0 aliphatic heterocycles. The maximum absolute atomic E-state index is 8.67. The van der Waals surface area contributed by atoms with E-state index in [1.807, 2.05) is 0 Å². The predicted octanol–water partition coefficient (Wildman–Crippen LogP) is -2.64. The first-order chi connectivity index (χ1) is 7.20. The summed E-state index contributed by atoms with van der Waals surface area (Å²) in [6.07, 6.45) is 0. The van der Waals surface area contributed by atoms with Gasteiger partial charge in [-0.2, -0.15) is 8.42 Å². The molecule has 0 radical (unpaired) electrons. The van der Waals surface area contributed by atoms with Gasteiger partial charge in [0.15, 0.2) is 0 Å². The zero-order valence-electron chi connectivity index (χ0n) is 7.44. The minimum absolute atomic E-state index is 0.